The van der Waals surface area contributed by atoms with Gasteiger partial charge < -0.3 is 10.1 Å². The van der Waals surface area contributed by atoms with Gasteiger partial charge in [0, 0.05) is 12.1 Å². The number of ether oxygens (including phenoxy) is 1. The molecule has 0 atom stereocenters. The van der Waals surface area contributed by atoms with Gasteiger partial charge >= 0.3 is 5.69 Å². The van der Waals surface area contributed by atoms with Gasteiger partial charge in [0.1, 0.15) is 17.2 Å². The predicted molar refractivity (Wildman–Crippen MR) is 71.8 cm³/mol. The first kappa shape index (κ1) is 15.3. The average Bonchev–Trinajstić information content (AvgIpc) is 2.46. The standard InChI is InChI=1S/C13H9F2N3O4/c1-22-10-6-5-9(18(20)21)12(16-10)17-13(19)11-7(14)3-2-4-8(11)15/h2-6H,1H3,(H,16,17,19). The van der Waals surface area contributed by atoms with Crippen molar-refractivity contribution >= 4 is 17.4 Å². The lowest BCUT2D eigenvalue weighted by atomic mass is 10.2. The van der Waals surface area contributed by atoms with Gasteiger partial charge in [-0.25, -0.2) is 8.78 Å². The zero-order valence-electron chi connectivity index (χ0n) is 11.2. The maximum Gasteiger partial charge on any atom is 0.312 e. The molecule has 0 radical (unpaired) electrons. The summed E-state index contributed by atoms with van der Waals surface area (Å²) in [6.45, 7) is 0. The minimum atomic E-state index is -1.19. The predicted octanol–water partition coefficient (Wildman–Crippen LogP) is 2.53. The minimum Gasteiger partial charge on any atom is -0.481 e. The van der Waals surface area contributed by atoms with Crippen molar-refractivity contribution in [1.29, 1.82) is 0 Å². The van der Waals surface area contributed by atoms with Crippen LogP contribution in [0.1, 0.15) is 10.4 Å². The highest BCUT2D eigenvalue weighted by atomic mass is 19.1. The Bertz CT molecular complexity index is 732. The summed E-state index contributed by atoms with van der Waals surface area (Å²) in [6.07, 6.45) is 0. The number of nitro groups is 1. The van der Waals surface area contributed by atoms with Crippen LogP contribution < -0.4 is 10.1 Å². The van der Waals surface area contributed by atoms with Gasteiger partial charge in [0.25, 0.3) is 5.91 Å². The van der Waals surface area contributed by atoms with Crippen LogP contribution in [-0.2, 0) is 0 Å². The molecule has 1 heterocycles. The van der Waals surface area contributed by atoms with Crippen LogP contribution in [0.2, 0.25) is 0 Å². The molecule has 2 rings (SSSR count). The fourth-order valence-electron chi connectivity index (χ4n) is 1.67. The molecule has 0 fully saturated rings. The number of amides is 1. The number of aromatic nitrogens is 1. The maximum atomic E-state index is 13.5. The molecule has 9 heteroatoms. The van der Waals surface area contributed by atoms with E-state index in [-0.39, 0.29) is 5.88 Å². The zero-order valence-corrected chi connectivity index (χ0v) is 11.2. The van der Waals surface area contributed by atoms with Gasteiger partial charge in [-0.3, -0.25) is 14.9 Å². The first-order valence-corrected chi connectivity index (χ1v) is 5.89. The number of nitrogens with zero attached hydrogens (tertiary/aromatic N) is 2. The van der Waals surface area contributed by atoms with Crippen molar-refractivity contribution < 1.29 is 23.2 Å². The van der Waals surface area contributed by atoms with Crippen molar-refractivity contribution in [2.45, 2.75) is 0 Å². The molecule has 1 amide bonds. The number of anilines is 1. The Balaban J connectivity index is 2.41. The summed E-state index contributed by atoms with van der Waals surface area (Å²) in [7, 11) is 1.27. The van der Waals surface area contributed by atoms with E-state index in [2.05, 4.69) is 4.98 Å². The van der Waals surface area contributed by atoms with Gasteiger partial charge in [0.15, 0.2) is 0 Å². The fourth-order valence-corrected chi connectivity index (χ4v) is 1.67. The highest BCUT2D eigenvalue weighted by molar-refractivity contribution is 6.05. The number of carbonyl (C=O) groups excluding carboxylic acids is 1. The number of nitrogens with one attached hydrogen (secondary N) is 1. The molecule has 7 nitrogen and oxygen atoms in total. The van der Waals surface area contributed by atoms with Crippen LogP contribution in [-0.4, -0.2) is 22.9 Å². The second-order valence-electron chi connectivity index (χ2n) is 4.03. The third-order valence-corrected chi connectivity index (χ3v) is 2.68. The first-order valence-electron chi connectivity index (χ1n) is 5.89. The lowest BCUT2D eigenvalue weighted by Gasteiger charge is -2.08. The third-order valence-electron chi connectivity index (χ3n) is 2.68. The Labute approximate surface area is 122 Å². The molecule has 0 bridgehead atoms. The van der Waals surface area contributed by atoms with E-state index in [4.69, 9.17) is 4.74 Å². The van der Waals surface area contributed by atoms with Crippen molar-refractivity contribution in [2.75, 3.05) is 12.4 Å². The fraction of sp³-hybridized carbons (Fsp3) is 0.0769. The van der Waals surface area contributed by atoms with Crippen LogP contribution in [0.15, 0.2) is 30.3 Å². The Hall–Kier alpha value is -3.10. The van der Waals surface area contributed by atoms with E-state index < -0.39 is 39.5 Å². The molecule has 0 spiro atoms. The largest absolute Gasteiger partial charge is 0.481 e. The van der Waals surface area contributed by atoms with Crippen LogP contribution in [0.5, 0.6) is 5.88 Å². The molecule has 114 valence electrons. The molecule has 0 aliphatic carbocycles. The number of benzene rings is 1. The molecule has 0 aliphatic heterocycles. The molecule has 0 aliphatic rings. The molecule has 2 aromatic rings. The normalized spacial score (nSPS) is 10.1. The van der Waals surface area contributed by atoms with E-state index in [1.165, 1.54) is 13.2 Å². The van der Waals surface area contributed by atoms with Gasteiger partial charge in [-0.1, -0.05) is 6.07 Å². The number of halogens is 2. The summed E-state index contributed by atoms with van der Waals surface area (Å²) in [5.41, 5.74) is -1.40. The number of methoxy groups -OCH3 is 1. The van der Waals surface area contributed by atoms with Crippen molar-refractivity contribution in [3.05, 3.63) is 57.6 Å². The van der Waals surface area contributed by atoms with Crippen LogP contribution in [0.25, 0.3) is 0 Å². The maximum absolute atomic E-state index is 13.5. The molecule has 1 aromatic heterocycles. The highest BCUT2D eigenvalue weighted by Crippen LogP contribution is 2.26. The lowest BCUT2D eigenvalue weighted by molar-refractivity contribution is -0.384. The number of hydrogen-bond donors (Lipinski definition) is 1. The summed E-state index contributed by atoms with van der Waals surface area (Å²) in [5, 5.41) is 12.9. The molecule has 0 saturated carbocycles. The Morgan fingerprint density at radius 1 is 1.27 bits per heavy atom. The molecule has 0 saturated heterocycles. The van der Waals surface area contributed by atoms with Crippen molar-refractivity contribution in [2.24, 2.45) is 0 Å². The smallest absolute Gasteiger partial charge is 0.312 e. The van der Waals surface area contributed by atoms with E-state index in [0.717, 1.165) is 24.3 Å². The summed E-state index contributed by atoms with van der Waals surface area (Å²) in [5.74, 6) is -3.86. The minimum absolute atomic E-state index is 0.00472. The summed E-state index contributed by atoms with van der Waals surface area (Å²) >= 11 is 0. The SMILES string of the molecule is COc1ccc([N+](=O)[O-])c(NC(=O)c2c(F)cccc2F)n1. The first-order chi connectivity index (χ1) is 10.4. The average molecular weight is 309 g/mol. The molecule has 1 N–H and O–H groups in total. The van der Waals surface area contributed by atoms with Gasteiger partial charge in [0.2, 0.25) is 11.7 Å². The van der Waals surface area contributed by atoms with E-state index >= 15 is 0 Å². The topological polar surface area (TPSA) is 94.4 Å². The van der Waals surface area contributed by atoms with Gasteiger partial charge in [-0.15, -0.1) is 0 Å². The van der Waals surface area contributed by atoms with Crippen LogP contribution in [0.3, 0.4) is 0 Å². The number of rotatable bonds is 4. The van der Waals surface area contributed by atoms with Crippen molar-refractivity contribution in [3.8, 4) is 5.88 Å². The molecule has 22 heavy (non-hydrogen) atoms. The summed E-state index contributed by atoms with van der Waals surface area (Å²) in [4.78, 5) is 25.7. The van der Waals surface area contributed by atoms with E-state index in [1.54, 1.807) is 0 Å². The Morgan fingerprint density at radius 2 is 1.91 bits per heavy atom. The molecule has 1 aromatic carbocycles. The van der Waals surface area contributed by atoms with Crippen LogP contribution in [0, 0.1) is 21.7 Å². The summed E-state index contributed by atoms with van der Waals surface area (Å²) < 4.78 is 31.8. The summed E-state index contributed by atoms with van der Waals surface area (Å²) in [6, 6.07) is 5.15. The quantitative estimate of drug-likeness (QED) is 0.691. The zero-order chi connectivity index (χ0) is 16.3. The van der Waals surface area contributed by atoms with Crippen molar-refractivity contribution in [1.82, 2.24) is 4.98 Å². The van der Waals surface area contributed by atoms with E-state index in [1.807, 2.05) is 5.32 Å². The lowest BCUT2D eigenvalue weighted by Crippen LogP contribution is -2.17. The second kappa shape index (κ2) is 6.12. The third kappa shape index (κ3) is 2.97. The monoisotopic (exact) mass is 309 g/mol. The van der Waals surface area contributed by atoms with E-state index in [0.29, 0.717) is 0 Å². The van der Waals surface area contributed by atoms with Gasteiger partial charge in [-0.05, 0) is 12.1 Å². The number of hydrogen-bond acceptors (Lipinski definition) is 5. The second-order valence-corrected chi connectivity index (χ2v) is 4.03. The number of pyridine rings is 1. The van der Waals surface area contributed by atoms with Crippen molar-refractivity contribution in [3.63, 3.8) is 0 Å². The van der Waals surface area contributed by atoms with Crippen LogP contribution >= 0.6 is 0 Å². The van der Waals surface area contributed by atoms with Gasteiger partial charge in [-0.2, -0.15) is 4.98 Å². The molecule has 0 unspecified atom stereocenters. The molecular formula is C13H9F2N3O4. The van der Waals surface area contributed by atoms with Crippen LogP contribution in [0.4, 0.5) is 20.3 Å². The van der Waals surface area contributed by atoms with Gasteiger partial charge in [0.05, 0.1) is 12.0 Å². The Kier molecular flexibility index (Phi) is 4.25. The number of carbonyl (C=O) groups is 1. The van der Waals surface area contributed by atoms with E-state index in [9.17, 15) is 23.7 Å². The Morgan fingerprint density at radius 3 is 2.45 bits per heavy atom. The molecular weight excluding hydrogens is 300 g/mol. The highest BCUT2D eigenvalue weighted by Gasteiger charge is 2.23.